The number of hydrogen-bond acceptors (Lipinski definition) is 0. The molecule has 0 N–H and O–H groups in total. The lowest BCUT2D eigenvalue weighted by atomic mass is 10.2. The Morgan fingerprint density at radius 3 is 1.88 bits per heavy atom. The van der Waals surface area contributed by atoms with Crippen LogP contribution in [0.2, 0.25) is 0 Å². The van der Waals surface area contributed by atoms with Gasteiger partial charge in [0.25, 0.3) is 0 Å². The van der Waals surface area contributed by atoms with Crippen LogP contribution in [0.25, 0.3) is 0 Å². The highest BCUT2D eigenvalue weighted by molar-refractivity contribution is 9.09. The molecule has 0 fully saturated rings. The summed E-state index contributed by atoms with van der Waals surface area (Å²) in [6, 6.07) is 0. The molecule has 0 aromatic carbocycles. The zero-order valence-corrected chi connectivity index (χ0v) is 6.52. The fourth-order valence-electron chi connectivity index (χ4n) is 0.458. The lowest BCUT2D eigenvalue weighted by Gasteiger charge is -1.99. The van der Waals surface area contributed by atoms with Gasteiger partial charge in [-0.3, -0.25) is 0 Å². The van der Waals surface area contributed by atoms with Crippen LogP contribution in [-0.2, 0) is 0 Å². The molecule has 1 heteroatoms. The molecule has 0 atom stereocenters. The van der Waals surface area contributed by atoms with Crippen molar-refractivity contribution in [1.82, 2.24) is 0 Å². The molecule has 0 rings (SSSR count). The average molecular weight is 175 g/mol. The van der Waals surface area contributed by atoms with Gasteiger partial charge < -0.3 is 0 Å². The summed E-state index contributed by atoms with van der Waals surface area (Å²) < 4.78 is 0. The van der Waals surface area contributed by atoms with Crippen LogP contribution in [0.15, 0.2) is 25.3 Å². The van der Waals surface area contributed by atoms with Crippen LogP contribution in [0.5, 0.6) is 0 Å². The summed E-state index contributed by atoms with van der Waals surface area (Å²) in [5.74, 6) is 0. The molecule has 0 aliphatic carbocycles. The smallest absolute Gasteiger partial charge is 0.0214 e. The third-order valence-electron chi connectivity index (χ3n) is 0.845. The van der Waals surface area contributed by atoms with E-state index in [0.717, 1.165) is 12.8 Å². The van der Waals surface area contributed by atoms with E-state index in [4.69, 9.17) is 0 Å². The second-order valence-electron chi connectivity index (χ2n) is 1.65. The van der Waals surface area contributed by atoms with Gasteiger partial charge in [-0.15, -0.1) is 13.2 Å². The minimum Gasteiger partial charge on any atom is -0.103 e. The standard InChI is InChI=1S/C7H11Br/c1-3-5-7(8)6-4-2/h3-4,7H,1-2,5-6H2. The normalized spacial score (nSPS) is 9.25. The molecule has 0 saturated heterocycles. The van der Waals surface area contributed by atoms with Gasteiger partial charge in [-0.2, -0.15) is 0 Å². The number of allylic oxidation sites excluding steroid dienone is 2. The predicted molar refractivity (Wildman–Crippen MR) is 42.3 cm³/mol. The summed E-state index contributed by atoms with van der Waals surface area (Å²) in [5.41, 5.74) is 0. The quantitative estimate of drug-likeness (QED) is 0.455. The molecule has 0 unspecified atom stereocenters. The second-order valence-corrected chi connectivity index (χ2v) is 2.94. The van der Waals surface area contributed by atoms with Gasteiger partial charge >= 0.3 is 0 Å². The Kier molecular flexibility index (Phi) is 5.08. The van der Waals surface area contributed by atoms with Crippen molar-refractivity contribution in [2.45, 2.75) is 17.7 Å². The highest BCUT2D eigenvalue weighted by Crippen LogP contribution is 2.09. The summed E-state index contributed by atoms with van der Waals surface area (Å²) in [5, 5.41) is 0. The van der Waals surface area contributed by atoms with Crippen molar-refractivity contribution in [2.75, 3.05) is 0 Å². The number of rotatable bonds is 4. The first-order valence-electron chi connectivity index (χ1n) is 2.67. The first kappa shape index (κ1) is 7.96. The van der Waals surface area contributed by atoms with Gasteiger partial charge in [0.05, 0.1) is 0 Å². The van der Waals surface area contributed by atoms with Crippen LogP contribution in [0.4, 0.5) is 0 Å². The van der Waals surface area contributed by atoms with Crippen LogP contribution in [0.1, 0.15) is 12.8 Å². The molecule has 0 nitrogen and oxygen atoms in total. The Bertz CT molecular complexity index is 66.5. The van der Waals surface area contributed by atoms with E-state index in [0.29, 0.717) is 4.83 Å². The Hall–Kier alpha value is -0.0400. The first-order valence-corrected chi connectivity index (χ1v) is 3.58. The zero-order valence-electron chi connectivity index (χ0n) is 4.94. The Morgan fingerprint density at radius 2 is 1.62 bits per heavy atom. The van der Waals surface area contributed by atoms with E-state index < -0.39 is 0 Å². The fraction of sp³-hybridized carbons (Fsp3) is 0.429. The minimum absolute atomic E-state index is 0.539. The number of alkyl halides is 1. The summed E-state index contributed by atoms with van der Waals surface area (Å²) >= 11 is 3.46. The third kappa shape index (κ3) is 4.13. The van der Waals surface area contributed by atoms with Gasteiger partial charge in [-0.05, 0) is 12.8 Å². The highest BCUT2D eigenvalue weighted by atomic mass is 79.9. The molecule has 0 aromatic rings. The van der Waals surface area contributed by atoms with Crippen molar-refractivity contribution in [1.29, 1.82) is 0 Å². The molecule has 0 saturated carbocycles. The van der Waals surface area contributed by atoms with Gasteiger partial charge in [0.15, 0.2) is 0 Å². The Morgan fingerprint density at radius 1 is 1.25 bits per heavy atom. The molecule has 0 amide bonds. The van der Waals surface area contributed by atoms with E-state index in [1.54, 1.807) is 0 Å². The van der Waals surface area contributed by atoms with Crippen molar-refractivity contribution in [3.63, 3.8) is 0 Å². The van der Waals surface area contributed by atoms with E-state index >= 15 is 0 Å². The largest absolute Gasteiger partial charge is 0.103 e. The van der Waals surface area contributed by atoms with Gasteiger partial charge in [-0.25, -0.2) is 0 Å². The van der Waals surface area contributed by atoms with E-state index in [9.17, 15) is 0 Å². The first-order chi connectivity index (χ1) is 3.81. The van der Waals surface area contributed by atoms with Gasteiger partial charge in [-0.1, -0.05) is 28.1 Å². The van der Waals surface area contributed by atoms with Gasteiger partial charge in [0.1, 0.15) is 0 Å². The summed E-state index contributed by atoms with van der Waals surface area (Å²) in [6.45, 7) is 7.24. The molecule has 8 heavy (non-hydrogen) atoms. The van der Waals surface area contributed by atoms with Crippen molar-refractivity contribution < 1.29 is 0 Å². The molecule has 0 bridgehead atoms. The lowest BCUT2D eigenvalue weighted by molar-refractivity contribution is 0.910. The van der Waals surface area contributed by atoms with E-state index in [1.165, 1.54) is 0 Å². The predicted octanol–water partition coefficient (Wildman–Crippen LogP) is 2.90. The molecular weight excluding hydrogens is 164 g/mol. The monoisotopic (exact) mass is 174 g/mol. The van der Waals surface area contributed by atoms with E-state index in [2.05, 4.69) is 29.1 Å². The molecule has 0 heterocycles. The van der Waals surface area contributed by atoms with Crippen LogP contribution in [0, 0.1) is 0 Å². The number of halogens is 1. The molecular formula is C7H11Br. The Labute approximate surface area is 59.4 Å². The van der Waals surface area contributed by atoms with E-state index in [-0.39, 0.29) is 0 Å². The maximum atomic E-state index is 3.62. The SMILES string of the molecule is C=CCC(Br)CC=C. The minimum atomic E-state index is 0.539. The average Bonchev–Trinajstić information content (AvgIpc) is 1.68. The molecule has 46 valence electrons. The molecule has 0 aliphatic rings. The molecule has 0 spiro atoms. The van der Waals surface area contributed by atoms with Crippen molar-refractivity contribution in [2.24, 2.45) is 0 Å². The molecule has 0 aliphatic heterocycles. The maximum absolute atomic E-state index is 3.62. The second kappa shape index (κ2) is 5.10. The van der Waals surface area contributed by atoms with Gasteiger partial charge in [0.2, 0.25) is 0 Å². The number of hydrogen-bond donors (Lipinski definition) is 0. The van der Waals surface area contributed by atoms with Crippen molar-refractivity contribution in [3.8, 4) is 0 Å². The van der Waals surface area contributed by atoms with Crippen molar-refractivity contribution >= 4 is 15.9 Å². The highest BCUT2D eigenvalue weighted by Gasteiger charge is 1.94. The third-order valence-corrected chi connectivity index (χ3v) is 1.59. The van der Waals surface area contributed by atoms with Crippen LogP contribution >= 0.6 is 15.9 Å². The van der Waals surface area contributed by atoms with Crippen LogP contribution in [0.3, 0.4) is 0 Å². The summed E-state index contributed by atoms with van der Waals surface area (Å²) in [7, 11) is 0. The Balaban J connectivity index is 3.16. The fourth-order valence-corrected chi connectivity index (χ4v) is 0.987. The van der Waals surface area contributed by atoms with Crippen LogP contribution in [-0.4, -0.2) is 4.83 Å². The van der Waals surface area contributed by atoms with Crippen molar-refractivity contribution in [3.05, 3.63) is 25.3 Å². The zero-order chi connectivity index (χ0) is 6.41. The van der Waals surface area contributed by atoms with E-state index in [1.807, 2.05) is 12.2 Å². The topological polar surface area (TPSA) is 0 Å². The summed E-state index contributed by atoms with van der Waals surface area (Å²) in [6.07, 6.45) is 5.85. The van der Waals surface area contributed by atoms with Crippen LogP contribution < -0.4 is 0 Å². The van der Waals surface area contributed by atoms with Gasteiger partial charge in [0, 0.05) is 4.83 Å². The molecule has 0 aromatic heterocycles. The summed E-state index contributed by atoms with van der Waals surface area (Å²) in [4.78, 5) is 0.539. The molecule has 0 radical (unpaired) electrons. The lowest BCUT2D eigenvalue weighted by Crippen LogP contribution is -1.90. The maximum Gasteiger partial charge on any atom is 0.0214 e.